The summed E-state index contributed by atoms with van der Waals surface area (Å²) in [4.78, 5) is 11.4. The van der Waals surface area contributed by atoms with Crippen LogP contribution in [0.2, 0.25) is 0 Å². The second-order valence-corrected chi connectivity index (χ2v) is 3.44. The second kappa shape index (κ2) is 4.11. The Morgan fingerprint density at radius 2 is 2.07 bits per heavy atom. The molecular formula is C11H11N3O. The van der Waals surface area contributed by atoms with E-state index in [0.717, 1.165) is 5.56 Å². The molecule has 0 spiro atoms. The van der Waals surface area contributed by atoms with Crippen LogP contribution in [-0.2, 0) is 4.79 Å². The van der Waals surface area contributed by atoms with Crippen LogP contribution in [-0.4, -0.2) is 12.5 Å². The number of hydrogen-bond acceptors (Lipinski definition) is 3. The Morgan fingerprint density at radius 1 is 1.33 bits per heavy atom. The highest BCUT2D eigenvalue weighted by molar-refractivity contribution is 5.82. The summed E-state index contributed by atoms with van der Waals surface area (Å²) in [5.41, 5.74) is 1.00. The smallest absolute Gasteiger partial charge is 0.240 e. The maximum atomic E-state index is 11.4. The van der Waals surface area contributed by atoms with Gasteiger partial charge in [0.2, 0.25) is 5.91 Å². The van der Waals surface area contributed by atoms with E-state index in [-0.39, 0.29) is 12.1 Å². The average Bonchev–Trinajstić information content (AvgIpc) is 2.30. The molecule has 1 saturated heterocycles. The number of carbonyl (C=O) groups excluding carboxylic acids is 1. The normalized spacial score (nSPS) is 25.4. The van der Waals surface area contributed by atoms with Gasteiger partial charge in [-0.2, -0.15) is 5.26 Å². The number of rotatable bonds is 1. The predicted molar refractivity (Wildman–Crippen MR) is 54.4 cm³/mol. The zero-order valence-electron chi connectivity index (χ0n) is 8.10. The van der Waals surface area contributed by atoms with Crippen LogP contribution >= 0.6 is 0 Å². The van der Waals surface area contributed by atoms with E-state index in [9.17, 15) is 4.79 Å². The topological polar surface area (TPSA) is 64.9 Å². The molecule has 1 aromatic rings. The molecule has 0 aromatic heterocycles. The number of nitrogens with one attached hydrogen (secondary N) is 2. The molecule has 0 saturated carbocycles. The molecule has 2 atom stereocenters. The van der Waals surface area contributed by atoms with Crippen molar-refractivity contribution in [3.05, 3.63) is 35.9 Å². The van der Waals surface area contributed by atoms with Gasteiger partial charge in [-0.3, -0.25) is 10.1 Å². The average molecular weight is 201 g/mol. The van der Waals surface area contributed by atoms with Gasteiger partial charge in [0.1, 0.15) is 12.1 Å². The minimum Gasteiger partial charge on any atom is -0.335 e. The summed E-state index contributed by atoms with van der Waals surface area (Å²) in [5.74, 6) is -0.782. The largest absolute Gasteiger partial charge is 0.335 e. The van der Waals surface area contributed by atoms with Crippen LogP contribution in [0, 0.1) is 17.2 Å². The first-order valence-electron chi connectivity index (χ1n) is 4.79. The molecular weight excluding hydrogens is 190 g/mol. The molecule has 4 heteroatoms. The van der Waals surface area contributed by atoms with Crippen molar-refractivity contribution >= 4 is 5.91 Å². The minimum atomic E-state index is -0.579. The number of carbonyl (C=O) groups is 1. The van der Waals surface area contributed by atoms with Gasteiger partial charge in [0.15, 0.2) is 0 Å². The first-order valence-corrected chi connectivity index (χ1v) is 4.79. The highest BCUT2D eigenvalue weighted by Crippen LogP contribution is 2.14. The fraction of sp³-hybridized carbons (Fsp3) is 0.273. The van der Waals surface area contributed by atoms with Crippen molar-refractivity contribution in [3.8, 4) is 6.07 Å². The lowest BCUT2D eigenvalue weighted by atomic mass is 10.1. The van der Waals surface area contributed by atoms with E-state index in [1.807, 2.05) is 36.4 Å². The summed E-state index contributed by atoms with van der Waals surface area (Å²) in [6, 6.07) is 11.6. The molecule has 0 bridgehead atoms. The van der Waals surface area contributed by atoms with Crippen LogP contribution in [0.5, 0.6) is 0 Å². The van der Waals surface area contributed by atoms with E-state index in [1.165, 1.54) is 0 Å². The van der Waals surface area contributed by atoms with Gasteiger partial charge in [0, 0.05) is 6.54 Å². The number of benzene rings is 1. The molecule has 0 radical (unpaired) electrons. The maximum Gasteiger partial charge on any atom is 0.240 e. The second-order valence-electron chi connectivity index (χ2n) is 3.44. The van der Waals surface area contributed by atoms with Crippen molar-refractivity contribution < 1.29 is 4.79 Å². The van der Waals surface area contributed by atoms with Crippen molar-refractivity contribution in [3.63, 3.8) is 0 Å². The van der Waals surface area contributed by atoms with Gasteiger partial charge in [-0.1, -0.05) is 30.3 Å². The van der Waals surface area contributed by atoms with Gasteiger partial charge in [0.05, 0.1) is 6.07 Å². The van der Waals surface area contributed by atoms with Crippen molar-refractivity contribution in [2.24, 2.45) is 5.92 Å². The van der Waals surface area contributed by atoms with E-state index in [0.29, 0.717) is 6.54 Å². The fourth-order valence-electron chi connectivity index (χ4n) is 1.57. The van der Waals surface area contributed by atoms with Gasteiger partial charge >= 0.3 is 0 Å². The number of amides is 1. The van der Waals surface area contributed by atoms with Crippen LogP contribution < -0.4 is 10.6 Å². The Kier molecular flexibility index (Phi) is 2.66. The zero-order valence-corrected chi connectivity index (χ0v) is 8.10. The van der Waals surface area contributed by atoms with Crippen LogP contribution in [0.25, 0.3) is 0 Å². The van der Waals surface area contributed by atoms with Crippen LogP contribution in [0.15, 0.2) is 30.3 Å². The number of nitrogens with zero attached hydrogens (tertiary/aromatic N) is 1. The van der Waals surface area contributed by atoms with Crippen LogP contribution in [0.4, 0.5) is 0 Å². The maximum absolute atomic E-state index is 11.4. The highest BCUT2D eigenvalue weighted by Gasteiger charge is 2.27. The molecule has 1 aliphatic heterocycles. The molecule has 1 aromatic carbocycles. The summed E-state index contributed by atoms with van der Waals surface area (Å²) in [6.45, 7) is 0.405. The molecule has 1 aliphatic rings. The summed E-state index contributed by atoms with van der Waals surface area (Å²) >= 11 is 0. The predicted octanol–water partition coefficient (Wildman–Crippen LogP) is 0.544. The standard InChI is InChI=1S/C11H11N3O/c12-6-9-7-13-10(14-11(9)15)8-4-2-1-3-5-8/h1-5,9-10,13H,7H2,(H,14,15). The Labute approximate surface area is 87.9 Å². The van der Waals surface area contributed by atoms with E-state index >= 15 is 0 Å². The first kappa shape index (κ1) is 9.69. The third kappa shape index (κ3) is 1.97. The number of hydrogen-bond donors (Lipinski definition) is 2. The Balaban J connectivity index is 2.10. The molecule has 15 heavy (non-hydrogen) atoms. The van der Waals surface area contributed by atoms with Crippen molar-refractivity contribution in [2.75, 3.05) is 6.54 Å². The van der Waals surface area contributed by atoms with Crippen LogP contribution in [0.1, 0.15) is 11.7 Å². The van der Waals surface area contributed by atoms with E-state index in [4.69, 9.17) is 5.26 Å². The third-order valence-corrected chi connectivity index (χ3v) is 2.42. The summed E-state index contributed by atoms with van der Waals surface area (Å²) < 4.78 is 0. The molecule has 4 nitrogen and oxygen atoms in total. The van der Waals surface area contributed by atoms with E-state index in [1.54, 1.807) is 0 Å². The lowest BCUT2D eigenvalue weighted by Gasteiger charge is -2.27. The van der Waals surface area contributed by atoms with Crippen molar-refractivity contribution in [2.45, 2.75) is 6.17 Å². The summed E-state index contributed by atoms with van der Waals surface area (Å²) in [6.07, 6.45) is -0.178. The highest BCUT2D eigenvalue weighted by atomic mass is 16.2. The van der Waals surface area contributed by atoms with Gasteiger partial charge in [-0.05, 0) is 5.56 Å². The lowest BCUT2D eigenvalue weighted by Crippen LogP contribution is -2.50. The van der Waals surface area contributed by atoms with Gasteiger partial charge in [0.25, 0.3) is 0 Å². The van der Waals surface area contributed by atoms with Crippen molar-refractivity contribution in [1.82, 2.24) is 10.6 Å². The molecule has 1 amide bonds. The zero-order chi connectivity index (χ0) is 10.7. The van der Waals surface area contributed by atoms with Gasteiger partial charge in [-0.15, -0.1) is 0 Å². The Morgan fingerprint density at radius 3 is 2.67 bits per heavy atom. The molecule has 1 fully saturated rings. The summed E-state index contributed by atoms with van der Waals surface area (Å²) in [5, 5.41) is 14.5. The SMILES string of the molecule is N#CC1CNC(c2ccccc2)NC1=O. The van der Waals surface area contributed by atoms with E-state index < -0.39 is 5.92 Å². The van der Waals surface area contributed by atoms with Gasteiger partial charge < -0.3 is 5.32 Å². The number of nitriles is 1. The molecule has 76 valence electrons. The molecule has 0 aliphatic carbocycles. The first-order chi connectivity index (χ1) is 7.31. The lowest BCUT2D eigenvalue weighted by molar-refractivity contribution is -0.126. The molecule has 2 unspecified atom stereocenters. The molecule has 2 rings (SSSR count). The Hall–Kier alpha value is -1.86. The van der Waals surface area contributed by atoms with Crippen LogP contribution in [0.3, 0.4) is 0 Å². The third-order valence-electron chi connectivity index (χ3n) is 2.42. The summed E-state index contributed by atoms with van der Waals surface area (Å²) in [7, 11) is 0. The van der Waals surface area contributed by atoms with Gasteiger partial charge in [-0.25, -0.2) is 0 Å². The fourth-order valence-corrected chi connectivity index (χ4v) is 1.57. The quantitative estimate of drug-likeness (QED) is 0.697. The minimum absolute atomic E-state index is 0.178. The molecule has 1 heterocycles. The Bertz CT molecular complexity index is 396. The van der Waals surface area contributed by atoms with E-state index in [2.05, 4.69) is 10.6 Å². The monoisotopic (exact) mass is 201 g/mol. The van der Waals surface area contributed by atoms with Crippen molar-refractivity contribution in [1.29, 1.82) is 5.26 Å². The molecule has 2 N–H and O–H groups in total.